The smallest absolute Gasteiger partial charge is 0.0183 e. The lowest BCUT2D eigenvalue weighted by Crippen LogP contribution is -2.21. The molecule has 0 amide bonds. The average molecular weight is 371 g/mol. The summed E-state index contributed by atoms with van der Waals surface area (Å²) < 4.78 is 0. The second kappa shape index (κ2) is 9.18. The fourth-order valence-electron chi connectivity index (χ4n) is 5.60. The molecule has 0 aliphatic carbocycles. The van der Waals surface area contributed by atoms with E-state index in [0.29, 0.717) is 0 Å². The van der Waals surface area contributed by atoms with Crippen LogP contribution in [0.3, 0.4) is 0 Å². The van der Waals surface area contributed by atoms with Gasteiger partial charge in [0.1, 0.15) is 0 Å². The van der Waals surface area contributed by atoms with Crippen molar-refractivity contribution in [1.82, 2.24) is 0 Å². The fourth-order valence-corrected chi connectivity index (χ4v) is 14.7. The quantitative estimate of drug-likeness (QED) is 0.404. The molecule has 2 fully saturated rings. The molecule has 2 saturated heterocycles. The van der Waals surface area contributed by atoms with E-state index in [1.54, 1.807) is 12.3 Å². The Hall–Kier alpha value is 0.860. The molecular weight excluding hydrogens is 326 g/mol. The highest BCUT2D eigenvalue weighted by Crippen LogP contribution is 2.65. The van der Waals surface area contributed by atoms with Crippen molar-refractivity contribution in [2.75, 3.05) is 12.3 Å². The van der Waals surface area contributed by atoms with Gasteiger partial charge in [-0.3, -0.25) is 0 Å². The van der Waals surface area contributed by atoms with Gasteiger partial charge >= 0.3 is 0 Å². The molecule has 0 aromatic rings. The van der Waals surface area contributed by atoms with Crippen LogP contribution in [0, 0.1) is 23.7 Å². The molecular formula is C22H44P2. The van der Waals surface area contributed by atoms with Crippen molar-refractivity contribution in [1.29, 1.82) is 0 Å². The van der Waals surface area contributed by atoms with E-state index >= 15 is 0 Å². The van der Waals surface area contributed by atoms with Crippen LogP contribution in [0.25, 0.3) is 0 Å². The molecule has 2 heteroatoms. The standard InChI is InChI=1S/C22H44P2/c1-15(2)19-9-10-20(16(3)4)23(19)13-14-24-21(17(5)6)11-12-22(24)18(7)8/h15-22H,9-14H2,1-8H3/t19-,20+,21-,22+,23?,24?. The highest BCUT2D eigenvalue weighted by molar-refractivity contribution is 7.63. The van der Waals surface area contributed by atoms with Gasteiger partial charge in [0.2, 0.25) is 0 Å². The van der Waals surface area contributed by atoms with Crippen molar-refractivity contribution in [3.63, 3.8) is 0 Å². The van der Waals surface area contributed by atoms with E-state index in [2.05, 4.69) is 55.4 Å². The molecule has 142 valence electrons. The van der Waals surface area contributed by atoms with Gasteiger partial charge in [0, 0.05) is 0 Å². The molecule has 2 aliphatic rings. The van der Waals surface area contributed by atoms with Gasteiger partial charge in [0.15, 0.2) is 0 Å². The zero-order chi connectivity index (χ0) is 18.0. The van der Waals surface area contributed by atoms with E-state index in [-0.39, 0.29) is 15.8 Å². The van der Waals surface area contributed by atoms with Crippen LogP contribution in [0.2, 0.25) is 0 Å². The Morgan fingerprint density at radius 3 is 0.875 bits per heavy atom. The topological polar surface area (TPSA) is 0 Å². The third-order valence-electron chi connectivity index (χ3n) is 6.91. The SMILES string of the molecule is CC(C)[C@H]1CC[C@@H](C(C)C)P1CCP1[C@@H](C(C)C)CC[C@H]1C(C)C. The minimum atomic E-state index is 0.273. The molecule has 0 saturated carbocycles. The Morgan fingerprint density at radius 1 is 0.500 bits per heavy atom. The van der Waals surface area contributed by atoms with Crippen LogP contribution in [-0.4, -0.2) is 35.0 Å². The summed E-state index contributed by atoms with van der Waals surface area (Å²) in [6, 6.07) is 0. The van der Waals surface area contributed by atoms with Gasteiger partial charge in [-0.2, -0.15) is 0 Å². The highest BCUT2D eigenvalue weighted by Gasteiger charge is 2.42. The monoisotopic (exact) mass is 370 g/mol. The Kier molecular flexibility index (Phi) is 8.09. The van der Waals surface area contributed by atoms with E-state index in [1.807, 2.05) is 0 Å². The molecule has 2 aliphatic heterocycles. The average Bonchev–Trinajstić information content (AvgIpc) is 3.08. The van der Waals surface area contributed by atoms with Crippen LogP contribution in [0.15, 0.2) is 0 Å². The molecule has 6 atom stereocenters. The Bertz CT molecular complexity index is 306. The molecule has 0 aromatic heterocycles. The van der Waals surface area contributed by atoms with Crippen LogP contribution in [0.4, 0.5) is 0 Å². The summed E-state index contributed by atoms with van der Waals surface area (Å²) in [5, 5.41) is 0. The van der Waals surface area contributed by atoms with Crippen molar-refractivity contribution in [2.24, 2.45) is 23.7 Å². The van der Waals surface area contributed by atoms with E-state index in [1.165, 1.54) is 25.7 Å². The molecule has 24 heavy (non-hydrogen) atoms. The number of rotatable bonds is 7. The van der Waals surface area contributed by atoms with Crippen molar-refractivity contribution in [2.45, 2.75) is 104 Å². The fraction of sp³-hybridized carbons (Fsp3) is 1.00. The highest BCUT2D eigenvalue weighted by atomic mass is 31.1. The summed E-state index contributed by atoms with van der Waals surface area (Å²) in [4.78, 5) is 0. The zero-order valence-electron chi connectivity index (χ0n) is 17.8. The maximum absolute atomic E-state index is 2.50. The van der Waals surface area contributed by atoms with Gasteiger partial charge in [0.05, 0.1) is 0 Å². The van der Waals surface area contributed by atoms with Gasteiger partial charge in [-0.25, -0.2) is 0 Å². The van der Waals surface area contributed by atoms with Crippen molar-refractivity contribution < 1.29 is 0 Å². The van der Waals surface area contributed by atoms with Gasteiger partial charge in [0.25, 0.3) is 0 Å². The number of hydrogen-bond donors (Lipinski definition) is 0. The lowest BCUT2D eigenvalue weighted by molar-refractivity contribution is 0.543. The van der Waals surface area contributed by atoms with Crippen LogP contribution in [0.1, 0.15) is 81.1 Å². The molecule has 2 rings (SSSR count). The van der Waals surface area contributed by atoms with Crippen LogP contribution in [0.5, 0.6) is 0 Å². The summed E-state index contributed by atoms with van der Waals surface area (Å²) in [6.45, 7) is 20.0. The predicted molar refractivity (Wildman–Crippen MR) is 117 cm³/mol. The zero-order valence-corrected chi connectivity index (χ0v) is 19.5. The first kappa shape index (κ1) is 21.2. The molecule has 0 spiro atoms. The summed E-state index contributed by atoms with van der Waals surface area (Å²) in [5.41, 5.74) is 4.28. The Labute approximate surface area is 155 Å². The van der Waals surface area contributed by atoms with Crippen molar-refractivity contribution >= 4 is 15.8 Å². The van der Waals surface area contributed by atoms with Gasteiger partial charge < -0.3 is 0 Å². The lowest BCUT2D eigenvalue weighted by atomic mass is 10.0. The second-order valence-corrected chi connectivity index (χ2v) is 15.5. The van der Waals surface area contributed by atoms with E-state index in [4.69, 9.17) is 0 Å². The van der Waals surface area contributed by atoms with Crippen molar-refractivity contribution in [3.8, 4) is 0 Å². The second-order valence-electron chi connectivity index (χ2n) is 9.88. The van der Waals surface area contributed by atoms with E-state index < -0.39 is 0 Å². The minimum Gasteiger partial charge on any atom is -0.0995 e. The molecule has 0 aromatic carbocycles. The Morgan fingerprint density at radius 2 is 0.708 bits per heavy atom. The largest absolute Gasteiger partial charge is 0.0995 e. The van der Waals surface area contributed by atoms with E-state index in [0.717, 1.165) is 46.3 Å². The van der Waals surface area contributed by atoms with Crippen LogP contribution in [-0.2, 0) is 0 Å². The van der Waals surface area contributed by atoms with Crippen LogP contribution < -0.4 is 0 Å². The molecule has 2 unspecified atom stereocenters. The van der Waals surface area contributed by atoms with Crippen molar-refractivity contribution in [3.05, 3.63) is 0 Å². The predicted octanol–water partition coefficient (Wildman–Crippen LogP) is 7.64. The first-order valence-corrected chi connectivity index (χ1v) is 14.1. The minimum absolute atomic E-state index is 0.273. The summed E-state index contributed by atoms with van der Waals surface area (Å²) in [7, 11) is 0.545. The maximum atomic E-state index is 2.50. The lowest BCUT2D eigenvalue weighted by Gasteiger charge is -2.35. The first-order valence-electron chi connectivity index (χ1n) is 10.8. The van der Waals surface area contributed by atoms with E-state index in [9.17, 15) is 0 Å². The summed E-state index contributed by atoms with van der Waals surface area (Å²) in [5.74, 6) is 3.66. The normalized spacial score (nSPS) is 37.5. The summed E-state index contributed by atoms with van der Waals surface area (Å²) in [6.07, 6.45) is 9.35. The first-order chi connectivity index (χ1) is 11.2. The maximum Gasteiger partial charge on any atom is -0.0183 e. The third-order valence-corrected chi connectivity index (χ3v) is 15.6. The molecule has 0 bridgehead atoms. The molecule has 0 radical (unpaired) electrons. The van der Waals surface area contributed by atoms with Gasteiger partial charge in [-0.15, -0.1) is 0 Å². The molecule has 0 N–H and O–H groups in total. The molecule has 0 nitrogen and oxygen atoms in total. The van der Waals surface area contributed by atoms with Crippen LogP contribution >= 0.6 is 15.8 Å². The summed E-state index contributed by atoms with van der Waals surface area (Å²) >= 11 is 0. The number of hydrogen-bond acceptors (Lipinski definition) is 0. The third kappa shape index (κ3) is 4.77. The van der Waals surface area contributed by atoms with Gasteiger partial charge in [-0.05, 0) is 84.3 Å². The Balaban J connectivity index is 2.07. The van der Waals surface area contributed by atoms with Gasteiger partial charge in [-0.1, -0.05) is 71.2 Å². The molecule has 2 heterocycles.